The normalized spacial score (nSPS) is 12.5. The maximum atomic E-state index is 12.8. The van der Waals surface area contributed by atoms with Crippen LogP contribution in [0.25, 0.3) is 0 Å². The van der Waals surface area contributed by atoms with Crippen LogP contribution >= 0.6 is 0 Å². The van der Waals surface area contributed by atoms with Crippen LogP contribution in [0.1, 0.15) is 310 Å². The van der Waals surface area contributed by atoms with Gasteiger partial charge in [0.15, 0.2) is 6.10 Å². The lowest BCUT2D eigenvalue weighted by atomic mass is 10.0. The second kappa shape index (κ2) is 60.4. The van der Waals surface area contributed by atoms with Gasteiger partial charge >= 0.3 is 17.9 Å². The van der Waals surface area contributed by atoms with Crippen LogP contribution in [0.3, 0.4) is 0 Å². The van der Waals surface area contributed by atoms with Crippen LogP contribution in [0.4, 0.5) is 0 Å². The molecule has 0 aromatic rings. The van der Waals surface area contributed by atoms with Gasteiger partial charge in [-0.15, -0.1) is 0 Å². The fourth-order valence-corrected chi connectivity index (χ4v) is 8.86. The van der Waals surface area contributed by atoms with Crippen LogP contribution in [0.15, 0.2) is 72.9 Å². The number of hydrogen-bond acceptors (Lipinski definition) is 6. The SMILES string of the molecule is CC/C=C\C/C=C\C/C=C\C/C=C\C/C=C\C/C=C\CCCCC(=O)OC(COC(=O)CCCCCCCC)COC(=O)CCCCCCCCCCCCCCCCCCCCCCCCCCCCC. The minimum absolute atomic E-state index is 0.0904. The van der Waals surface area contributed by atoms with E-state index >= 15 is 0 Å². The first kappa shape index (κ1) is 68.8. The second-order valence-electron chi connectivity index (χ2n) is 20.6. The Labute approximate surface area is 446 Å². The van der Waals surface area contributed by atoms with Gasteiger partial charge in [-0.25, -0.2) is 0 Å². The van der Waals surface area contributed by atoms with Crippen molar-refractivity contribution in [1.82, 2.24) is 0 Å². The summed E-state index contributed by atoms with van der Waals surface area (Å²) in [4.78, 5) is 37.9. The van der Waals surface area contributed by atoms with E-state index in [0.717, 1.165) is 89.9 Å². The first-order chi connectivity index (χ1) is 35.5. The van der Waals surface area contributed by atoms with E-state index in [9.17, 15) is 14.4 Å². The lowest BCUT2D eigenvalue weighted by Crippen LogP contribution is -2.30. The molecule has 0 fully saturated rings. The molecule has 1 atom stereocenters. The number of allylic oxidation sites excluding steroid dienone is 12. The number of carbonyl (C=O) groups is 3. The van der Waals surface area contributed by atoms with E-state index < -0.39 is 6.10 Å². The minimum Gasteiger partial charge on any atom is -0.462 e. The molecule has 6 heteroatoms. The molecule has 0 N–H and O–H groups in total. The lowest BCUT2D eigenvalue weighted by molar-refractivity contribution is -0.167. The molecular weight excluding hydrogens is 889 g/mol. The first-order valence-electron chi connectivity index (χ1n) is 30.9. The van der Waals surface area contributed by atoms with Crippen LogP contribution in [0.5, 0.6) is 0 Å². The van der Waals surface area contributed by atoms with E-state index in [1.807, 2.05) is 0 Å². The second-order valence-corrected chi connectivity index (χ2v) is 20.6. The summed E-state index contributed by atoms with van der Waals surface area (Å²) in [7, 11) is 0. The highest BCUT2D eigenvalue weighted by atomic mass is 16.6. The molecule has 1 unspecified atom stereocenters. The Morgan fingerprint density at radius 2 is 0.542 bits per heavy atom. The van der Waals surface area contributed by atoms with E-state index in [0.29, 0.717) is 19.3 Å². The highest BCUT2D eigenvalue weighted by Gasteiger charge is 2.19. The summed E-state index contributed by atoms with van der Waals surface area (Å²) in [6.07, 6.45) is 78.1. The monoisotopic (exact) mass is 1000 g/mol. The summed E-state index contributed by atoms with van der Waals surface area (Å²) >= 11 is 0. The average Bonchev–Trinajstić information content (AvgIpc) is 3.38. The van der Waals surface area contributed by atoms with Crippen LogP contribution in [0, 0.1) is 0 Å². The topological polar surface area (TPSA) is 78.9 Å². The van der Waals surface area contributed by atoms with E-state index in [1.54, 1.807) is 0 Å². The van der Waals surface area contributed by atoms with Crippen molar-refractivity contribution < 1.29 is 28.6 Å². The molecule has 0 aliphatic rings. The van der Waals surface area contributed by atoms with Gasteiger partial charge in [0.05, 0.1) is 0 Å². The zero-order valence-corrected chi connectivity index (χ0v) is 47.7. The van der Waals surface area contributed by atoms with E-state index in [1.165, 1.54) is 173 Å². The third-order valence-electron chi connectivity index (χ3n) is 13.5. The molecule has 0 aliphatic carbocycles. The molecule has 72 heavy (non-hydrogen) atoms. The van der Waals surface area contributed by atoms with Crippen molar-refractivity contribution in [3.63, 3.8) is 0 Å². The van der Waals surface area contributed by atoms with Gasteiger partial charge in [0.1, 0.15) is 13.2 Å². The molecule has 0 aromatic heterocycles. The van der Waals surface area contributed by atoms with Crippen molar-refractivity contribution in [2.75, 3.05) is 13.2 Å². The Balaban J connectivity index is 4.12. The van der Waals surface area contributed by atoms with Gasteiger partial charge in [-0.2, -0.15) is 0 Å². The Morgan fingerprint density at radius 3 is 0.847 bits per heavy atom. The number of hydrogen-bond donors (Lipinski definition) is 0. The largest absolute Gasteiger partial charge is 0.462 e. The van der Waals surface area contributed by atoms with Crippen LogP contribution in [0.2, 0.25) is 0 Å². The lowest BCUT2D eigenvalue weighted by Gasteiger charge is -2.18. The number of unbranched alkanes of at least 4 members (excludes halogenated alkanes) is 33. The summed E-state index contributed by atoms with van der Waals surface area (Å²) in [5, 5.41) is 0. The van der Waals surface area contributed by atoms with Gasteiger partial charge in [-0.3, -0.25) is 14.4 Å². The van der Waals surface area contributed by atoms with Gasteiger partial charge < -0.3 is 14.2 Å². The van der Waals surface area contributed by atoms with Crippen molar-refractivity contribution >= 4 is 17.9 Å². The van der Waals surface area contributed by atoms with Crippen molar-refractivity contribution in [3.05, 3.63) is 72.9 Å². The van der Waals surface area contributed by atoms with Crippen molar-refractivity contribution in [1.29, 1.82) is 0 Å². The molecule has 0 spiro atoms. The highest BCUT2D eigenvalue weighted by Crippen LogP contribution is 2.17. The van der Waals surface area contributed by atoms with Crippen molar-refractivity contribution in [2.24, 2.45) is 0 Å². The molecule has 0 saturated heterocycles. The minimum atomic E-state index is -0.794. The first-order valence-corrected chi connectivity index (χ1v) is 30.9. The number of rotatable bonds is 56. The van der Waals surface area contributed by atoms with Crippen LogP contribution < -0.4 is 0 Å². The maximum Gasteiger partial charge on any atom is 0.306 e. The quantitative estimate of drug-likeness (QED) is 0.0261. The highest BCUT2D eigenvalue weighted by molar-refractivity contribution is 5.71. The van der Waals surface area contributed by atoms with Crippen molar-refractivity contribution in [3.8, 4) is 0 Å². The van der Waals surface area contributed by atoms with Gasteiger partial charge in [0.25, 0.3) is 0 Å². The zero-order chi connectivity index (χ0) is 52.2. The van der Waals surface area contributed by atoms with E-state index in [-0.39, 0.29) is 37.5 Å². The fourth-order valence-electron chi connectivity index (χ4n) is 8.86. The molecule has 0 aliphatic heterocycles. The van der Waals surface area contributed by atoms with Crippen LogP contribution in [-0.2, 0) is 28.6 Å². The predicted molar refractivity (Wildman–Crippen MR) is 311 cm³/mol. The number of esters is 3. The Bertz CT molecular complexity index is 1340. The third-order valence-corrected chi connectivity index (χ3v) is 13.5. The number of carbonyl (C=O) groups excluding carboxylic acids is 3. The molecule has 416 valence electrons. The molecule has 6 nitrogen and oxygen atoms in total. The zero-order valence-electron chi connectivity index (χ0n) is 47.7. The molecular formula is C66H116O6. The average molecular weight is 1010 g/mol. The van der Waals surface area contributed by atoms with Gasteiger partial charge in [-0.1, -0.05) is 293 Å². The third kappa shape index (κ3) is 57.7. The predicted octanol–water partition coefficient (Wildman–Crippen LogP) is 20.9. The summed E-state index contributed by atoms with van der Waals surface area (Å²) in [5.74, 6) is -0.934. The van der Waals surface area contributed by atoms with Gasteiger partial charge in [0.2, 0.25) is 0 Å². The molecule has 0 saturated carbocycles. The van der Waals surface area contributed by atoms with E-state index in [4.69, 9.17) is 14.2 Å². The van der Waals surface area contributed by atoms with Crippen molar-refractivity contribution in [2.45, 2.75) is 316 Å². The van der Waals surface area contributed by atoms with Crippen LogP contribution in [-0.4, -0.2) is 37.2 Å². The molecule has 0 aromatic carbocycles. The Morgan fingerprint density at radius 1 is 0.292 bits per heavy atom. The molecule has 0 rings (SSSR count). The Hall–Kier alpha value is -3.15. The molecule has 0 heterocycles. The fraction of sp³-hybridized carbons (Fsp3) is 0.773. The van der Waals surface area contributed by atoms with Gasteiger partial charge in [-0.05, 0) is 70.6 Å². The molecule has 0 amide bonds. The summed E-state index contributed by atoms with van der Waals surface area (Å²) in [6.45, 7) is 6.46. The molecule has 0 radical (unpaired) electrons. The van der Waals surface area contributed by atoms with E-state index in [2.05, 4.69) is 93.7 Å². The van der Waals surface area contributed by atoms with Gasteiger partial charge in [0, 0.05) is 19.3 Å². The molecule has 0 bridgehead atoms. The number of ether oxygens (including phenoxy) is 3. The summed E-state index contributed by atoms with van der Waals surface area (Å²) in [5.41, 5.74) is 0. The standard InChI is InChI=1S/C66H116O6/c1-4-7-10-13-16-18-20-22-24-26-28-30-31-32-33-34-35-37-38-40-42-44-46-48-50-53-56-59-65(68)71-62-63(61-70-64(67)58-55-52-15-12-9-6-3)72-66(69)60-57-54-51-49-47-45-43-41-39-36-29-27-25-23-21-19-17-14-11-8-5-2/h8,11,17,19,23,25,29,36,41,43,47,49,63H,4-7,9-10,12-16,18,20-22,24,26-28,30-35,37-40,42,44-46,48,50-62H2,1-3H3/b11-8-,19-17-,25-23-,36-29-,43-41-,49-47-. The maximum absolute atomic E-state index is 12.8. The summed E-state index contributed by atoms with van der Waals surface area (Å²) in [6, 6.07) is 0. The Kier molecular flexibility index (Phi) is 57.8. The summed E-state index contributed by atoms with van der Waals surface area (Å²) < 4.78 is 16.7. The smallest absolute Gasteiger partial charge is 0.306 e.